The summed E-state index contributed by atoms with van der Waals surface area (Å²) in [6.45, 7) is 9.00. The average Bonchev–Trinajstić information content (AvgIpc) is 2.39. The number of nitrogens with one attached hydrogen (secondary N) is 2. The van der Waals surface area contributed by atoms with E-state index in [9.17, 15) is 9.59 Å². The minimum absolute atomic E-state index is 0.0556. The van der Waals surface area contributed by atoms with Gasteiger partial charge in [-0.3, -0.25) is 9.59 Å². The molecule has 0 atom stereocenters. The first-order valence-electron chi connectivity index (χ1n) is 6.06. The molecule has 0 fully saturated rings. The predicted molar refractivity (Wildman–Crippen MR) is 77.9 cm³/mol. The van der Waals surface area contributed by atoms with Crippen molar-refractivity contribution in [3.05, 3.63) is 24.8 Å². The smallest absolute Gasteiger partial charge is 0.278 e. The van der Waals surface area contributed by atoms with Gasteiger partial charge in [-0.2, -0.15) is 0 Å². The Kier molecular flexibility index (Phi) is 11.8. The van der Waals surface area contributed by atoms with Gasteiger partial charge in [0.25, 0.3) is 5.91 Å². The highest BCUT2D eigenvalue weighted by Gasteiger charge is 2.12. The van der Waals surface area contributed by atoms with Crippen LogP contribution in [0.4, 0.5) is 0 Å². The molecule has 0 unspecified atom stereocenters. The third-order valence-corrected chi connectivity index (χ3v) is 2.12. The molecular weight excluding hydrogens is 244 g/mol. The van der Waals surface area contributed by atoms with E-state index >= 15 is 0 Å². The Hall–Kier alpha value is -1.66. The number of amides is 2. The second-order valence-corrected chi connectivity index (χ2v) is 3.88. The van der Waals surface area contributed by atoms with Gasteiger partial charge in [-0.25, -0.2) is 16.0 Å². The van der Waals surface area contributed by atoms with E-state index in [1.54, 1.807) is 28.2 Å². The molecule has 0 aromatic heterocycles. The second kappa shape index (κ2) is 11.4. The fourth-order valence-electron chi connectivity index (χ4n) is 1.06. The molecule has 19 heavy (non-hydrogen) atoms. The lowest BCUT2D eigenvalue weighted by Gasteiger charge is -2.20. The molecule has 6 nitrogen and oxygen atoms in total. The summed E-state index contributed by atoms with van der Waals surface area (Å²) in [7, 11) is 6.72. The normalized spacial score (nSPS) is 8.89. The molecular formula is C13H26N4O2. The van der Waals surface area contributed by atoms with Gasteiger partial charge >= 0.3 is 0 Å². The van der Waals surface area contributed by atoms with Crippen molar-refractivity contribution in [1.29, 1.82) is 0 Å². The first-order valence-corrected chi connectivity index (χ1v) is 6.06. The molecule has 6 heteroatoms. The Morgan fingerprint density at radius 1 is 1.21 bits per heavy atom. The van der Waals surface area contributed by atoms with Crippen molar-refractivity contribution in [3.63, 3.8) is 0 Å². The number of carbonyl (C=O) groups is 2. The number of nitrogens with zero attached hydrogens (tertiary/aromatic N) is 2. The first kappa shape index (κ1) is 19.7. The van der Waals surface area contributed by atoms with Crippen LogP contribution in [0.15, 0.2) is 24.8 Å². The van der Waals surface area contributed by atoms with E-state index in [1.165, 1.54) is 16.1 Å². The molecule has 0 aromatic carbocycles. The molecule has 0 aliphatic carbocycles. The van der Waals surface area contributed by atoms with Crippen molar-refractivity contribution in [3.8, 4) is 0 Å². The van der Waals surface area contributed by atoms with Gasteiger partial charge in [-0.1, -0.05) is 26.5 Å². The Bertz CT molecular complexity index is 310. The van der Waals surface area contributed by atoms with Crippen molar-refractivity contribution >= 4 is 11.8 Å². The van der Waals surface area contributed by atoms with Gasteiger partial charge in [-0.05, 0) is 12.5 Å². The van der Waals surface area contributed by atoms with Crippen LogP contribution in [0.3, 0.4) is 0 Å². The van der Waals surface area contributed by atoms with Crippen LogP contribution in [0.1, 0.15) is 19.8 Å². The minimum atomic E-state index is -0.109. The van der Waals surface area contributed by atoms with Crippen molar-refractivity contribution in [1.82, 2.24) is 20.9 Å². The van der Waals surface area contributed by atoms with Gasteiger partial charge in [0.15, 0.2) is 0 Å². The monoisotopic (exact) mass is 270 g/mol. The predicted octanol–water partition coefficient (Wildman–Crippen LogP) is 0.701. The summed E-state index contributed by atoms with van der Waals surface area (Å²) < 4.78 is 0. The summed E-state index contributed by atoms with van der Waals surface area (Å²) >= 11 is 0. The molecule has 0 saturated heterocycles. The quantitative estimate of drug-likeness (QED) is 0.551. The summed E-state index contributed by atoms with van der Waals surface area (Å²) in [5.74, 6) is -0.165. The SMILES string of the molecule is C=C(CCC)C(=O)N(NC)NC.C=CC(=O)N(C)C. The summed E-state index contributed by atoms with van der Waals surface area (Å²) in [6, 6.07) is 0. The molecule has 0 aliphatic heterocycles. The van der Waals surface area contributed by atoms with Crippen molar-refractivity contribution < 1.29 is 9.59 Å². The maximum atomic E-state index is 11.4. The van der Waals surface area contributed by atoms with Crippen LogP contribution in [-0.2, 0) is 9.59 Å². The van der Waals surface area contributed by atoms with Crippen LogP contribution in [0.2, 0.25) is 0 Å². The van der Waals surface area contributed by atoms with Crippen LogP contribution in [0, 0.1) is 0 Å². The molecule has 2 amide bonds. The van der Waals surface area contributed by atoms with Crippen molar-refractivity contribution in [2.45, 2.75) is 19.8 Å². The number of likely N-dealkylation sites (N-methyl/N-ethyl adjacent to an activating group) is 1. The lowest BCUT2D eigenvalue weighted by molar-refractivity contribution is -0.133. The lowest BCUT2D eigenvalue weighted by Crippen LogP contribution is -2.48. The van der Waals surface area contributed by atoms with E-state index in [1.807, 2.05) is 6.92 Å². The largest absolute Gasteiger partial charge is 0.345 e. The van der Waals surface area contributed by atoms with Crippen molar-refractivity contribution in [2.75, 3.05) is 28.2 Å². The zero-order valence-electron chi connectivity index (χ0n) is 12.6. The van der Waals surface area contributed by atoms with Gasteiger partial charge in [0.1, 0.15) is 0 Å². The Labute approximate surface area is 116 Å². The standard InChI is InChI=1S/C8H17N3O.C5H9NO/c1-5-6-7(2)8(12)11(9-3)10-4;1-4-5(7)6(2)3/h9-10H,2,5-6H2,1,3-4H3;4H,1H2,2-3H3. The van der Waals surface area contributed by atoms with Crippen molar-refractivity contribution in [2.24, 2.45) is 0 Å². The maximum absolute atomic E-state index is 11.4. The molecule has 0 heterocycles. The van der Waals surface area contributed by atoms with E-state index in [0.717, 1.165) is 12.8 Å². The van der Waals surface area contributed by atoms with Crippen LogP contribution in [-0.4, -0.2) is 50.0 Å². The molecule has 2 N–H and O–H groups in total. The van der Waals surface area contributed by atoms with Crippen LogP contribution < -0.4 is 10.9 Å². The fraction of sp³-hybridized carbons (Fsp3) is 0.538. The summed E-state index contributed by atoms with van der Waals surface area (Å²) in [6.07, 6.45) is 2.95. The van der Waals surface area contributed by atoms with E-state index in [-0.39, 0.29) is 11.8 Å². The zero-order chi connectivity index (χ0) is 15.4. The summed E-state index contributed by atoms with van der Waals surface area (Å²) in [5.41, 5.74) is 6.02. The lowest BCUT2D eigenvalue weighted by atomic mass is 10.2. The third-order valence-electron chi connectivity index (χ3n) is 2.12. The van der Waals surface area contributed by atoms with Crippen LogP contribution in [0.25, 0.3) is 0 Å². The van der Waals surface area contributed by atoms with Crippen LogP contribution >= 0.6 is 0 Å². The highest BCUT2D eigenvalue weighted by atomic mass is 16.2. The van der Waals surface area contributed by atoms with Gasteiger partial charge in [0.05, 0.1) is 0 Å². The number of hydrogen-bond acceptors (Lipinski definition) is 4. The van der Waals surface area contributed by atoms with E-state index in [0.29, 0.717) is 5.57 Å². The summed E-state index contributed by atoms with van der Waals surface area (Å²) in [5, 5.41) is 1.30. The highest BCUT2D eigenvalue weighted by Crippen LogP contribution is 2.03. The fourth-order valence-corrected chi connectivity index (χ4v) is 1.06. The Morgan fingerprint density at radius 3 is 1.89 bits per heavy atom. The Balaban J connectivity index is 0. The van der Waals surface area contributed by atoms with Gasteiger partial charge in [0, 0.05) is 33.8 Å². The molecule has 0 radical (unpaired) electrons. The molecule has 0 saturated carbocycles. The van der Waals surface area contributed by atoms with Gasteiger partial charge in [-0.15, -0.1) is 0 Å². The first-order chi connectivity index (χ1) is 8.85. The molecule has 0 bridgehead atoms. The molecule has 0 aromatic rings. The molecule has 110 valence electrons. The number of hydrazine groups is 2. The second-order valence-electron chi connectivity index (χ2n) is 3.88. The topological polar surface area (TPSA) is 64.7 Å². The van der Waals surface area contributed by atoms with Gasteiger partial charge in [0.2, 0.25) is 5.91 Å². The average molecular weight is 270 g/mol. The van der Waals surface area contributed by atoms with E-state index in [4.69, 9.17) is 0 Å². The Morgan fingerprint density at radius 2 is 1.68 bits per heavy atom. The van der Waals surface area contributed by atoms with Crippen LogP contribution in [0.5, 0.6) is 0 Å². The maximum Gasteiger partial charge on any atom is 0.278 e. The van der Waals surface area contributed by atoms with Gasteiger partial charge < -0.3 is 4.90 Å². The molecule has 0 rings (SSSR count). The third kappa shape index (κ3) is 8.98. The molecule has 0 spiro atoms. The number of hydrogen-bond donors (Lipinski definition) is 2. The number of carbonyl (C=O) groups excluding carboxylic acids is 2. The molecule has 0 aliphatic rings. The van der Waals surface area contributed by atoms with E-state index < -0.39 is 0 Å². The number of rotatable bonds is 6. The van der Waals surface area contributed by atoms with E-state index in [2.05, 4.69) is 24.0 Å². The highest BCUT2D eigenvalue weighted by molar-refractivity contribution is 5.92. The summed E-state index contributed by atoms with van der Waals surface area (Å²) in [4.78, 5) is 23.2. The zero-order valence-corrected chi connectivity index (χ0v) is 12.6. The minimum Gasteiger partial charge on any atom is -0.345 e.